The lowest BCUT2D eigenvalue weighted by Gasteiger charge is -2.24. The van der Waals surface area contributed by atoms with Crippen molar-refractivity contribution in [1.29, 1.82) is 0 Å². The van der Waals surface area contributed by atoms with Gasteiger partial charge in [0, 0.05) is 22.9 Å². The number of benzene rings is 1. The van der Waals surface area contributed by atoms with Gasteiger partial charge in [0.25, 0.3) is 0 Å². The molecule has 0 saturated carbocycles. The Bertz CT molecular complexity index is 573. The highest BCUT2D eigenvalue weighted by Gasteiger charge is 2.22. The van der Waals surface area contributed by atoms with Gasteiger partial charge in [-0.3, -0.25) is 0 Å². The summed E-state index contributed by atoms with van der Waals surface area (Å²) in [7, 11) is 0. The fourth-order valence-corrected chi connectivity index (χ4v) is 2.97. The van der Waals surface area contributed by atoms with Crippen LogP contribution < -0.4 is 5.73 Å². The maximum Gasteiger partial charge on any atom is 0.129 e. The zero-order valence-corrected chi connectivity index (χ0v) is 13.2. The van der Waals surface area contributed by atoms with Crippen molar-refractivity contribution in [3.8, 4) is 0 Å². The molecule has 0 spiro atoms. The fourth-order valence-electron chi connectivity index (χ4n) is 2.21. The Balaban J connectivity index is 2.04. The van der Waals surface area contributed by atoms with Crippen LogP contribution in [0.1, 0.15) is 35.6 Å². The van der Waals surface area contributed by atoms with Crippen LogP contribution in [0.3, 0.4) is 0 Å². The molecule has 2 atom stereocenters. The third-order valence-corrected chi connectivity index (χ3v) is 4.54. The van der Waals surface area contributed by atoms with E-state index in [2.05, 4.69) is 4.98 Å². The van der Waals surface area contributed by atoms with Crippen molar-refractivity contribution in [3.05, 3.63) is 51.7 Å². The number of ether oxygens (including phenoxy) is 1. The zero-order valence-electron chi connectivity index (χ0n) is 12.4. The van der Waals surface area contributed by atoms with Crippen LogP contribution in [0.2, 0.25) is 0 Å². The first-order valence-corrected chi connectivity index (χ1v) is 8.02. The smallest absolute Gasteiger partial charge is 0.129 e. The van der Waals surface area contributed by atoms with E-state index in [4.69, 9.17) is 10.5 Å². The second-order valence-corrected chi connectivity index (χ2v) is 5.94. The number of hydrogen-bond donors (Lipinski definition) is 1. The van der Waals surface area contributed by atoms with Gasteiger partial charge < -0.3 is 10.5 Å². The van der Waals surface area contributed by atoms with Crippen LogP contribution in [0.4, 0.5) is 4.39 Å². The van der Waals surface area contributed by atoms with Crippen molar-refractivity contribution < 1.29 is 9.13 Å². The normalized spacial score (nSPS) is 14.1. The first kappa shape index (κ1) is 16.1. The third kappa shape index (κ3) is 4.09. The molecule has 0 saturated heterocycles. The highest BCUT2D eigenvalue weighted by atomic mass is 32.1. The number of hydrogen-bond acceptors (Lipinski definition) is 4. The van der Waals surface area contributed by atoms with E-state index < -0.39 is 6.10 Å². The van der Waals surface area contributed by atoms with Gasteiger partial charge in [0.1, 0.15) is 11.9 Å². The van der Waals surface area contributed by atoms with Crippen LogP contribution >= 0.6 is 11.3 Å². The Morgan fingerprint density at radius 1 is 1.38 bits per heavy atom. The summed E-state index contributed by atoms with van der Waals surface area (Å²) in [6, 6.07) is 6.46. The van der Waals surface area contributed by atoms with Crippen molar-refractivity contribution >= 4 is 11.3 Å². The summed E-state index contributed by atoms with van der Waals surface area (Å²) in [5.74, 6) is -0.264. The number of nitrogens with zero attached hydrogens (tertiary/aromatic N) is 1. The molecule has 0 fully saturated rings. The minimum atomic E-state index is -0.413. The van der Waals surface area contributed by atoms with E-state index in [-0.39, 0.29) is 11.9 Å². The molecule has 0 aliphatic heterocycles. The van der Waals surface area contributed by atoms with Gasteiger partial charge in [-0.2, -0.15) is 0 Å². The molecule has 2 aromatic rings. The summed E-state index contributed by atoms with van der Waals surface area (Å²) in [5.41, 5.74) is 9.50. The van der Waals surface area contributed by atoms with E-state index >= 15 is 0 Å². The topological polar surface area (TPSA) is 48.1 Å². The lowest BCUT2D eigenvalue weighted by atomic mass is 10.0. The average Bonchev–Trinajstić information content (AvgIpc) is 2.89. The number of aromatic nitrogens is 1. The monoisotopic (exact) mass is 308 g/mol. The second-order valence-electron chi connectivity index (χ2n) is 5.00. The predicted octanol–water partition coefficient (Wildman–Crippen LogP) is 3.63. The third-order valence-electron chi connectivity index (χ3n) is 3.54. The molecule has 1 heterocycles. The molecule has 5 heteroatoms. The van der Waals surface area contributed by atoms with Gasteiger partial charge in [-0.25, -0.2) is 9.37 Å². The predicted molar refractivity (Wildman–Crippen MR) is 83.9 cm³/mol. The van der Waals surface area contributed by atoms with Crippen molar-refractivity contribution in [1.82, 2.24) is 4.98 Å². The van der Waals surface area contributed by atoms with E-state index in [1.54, 1.807) is 23.5 Å². The number of aryl methyl sites for hydroxylation is 1. The number of nitrogens with two attached hydrogens (primary N) is 1. The zero-order chi connectivity index (χ0) is 15.2. The summed E-state index contributed by atoms with van der Waals surface area (Å²) in [6.07, 6.45) is 1.10. The molecule has 2 unspecified atom stereocenters. The van der Waals surface area contributed by atoms with Gasteiger partial charge in [-0.1, -0.05) is 25.1 Å². The summed E-state index contributed by atoms with van der Waals surface area (Å²) in [4.78, 5) is 5.42. The molecule has 21 heavy (non-hydrogen) atoms. The molecule has 0 amide bonds. The van der Waals surface area contributed by atoms with Crippen molar-refractivity contribution in [2.24, 2.45) is 5.73 Å². The fraction of sp³-hybridized carbons (Fsp3) is 0.438. The lowest BCUT2D eigenvalue weighted by Crippen LogP contribution is -2.30. The van der Waals surface area contributed by atoms with Gasteiger partial charge in [0.2, 0.25) is 0 Å². The molecular weight excluding hydrogens is 287 g/mol. The molecule has 0 radical (unpaired) electrons. The molecule has 2 rings (SSSR count). The van der Waals surface area contributed by atoms with Gasteiger partial charge in [-0.05, 0) is 19.4 Å². The van der Waals surface area contributed by atoms with Crippen LogP contribution in [0.25, 0.3) is 0 Å². The molecule has 0 bridgehead atoms. The highest BCUT2D eigenvalue weighted by molar-refractivity contribution is 7.09. The average molecular weight is 308 g/mol. The van der Waals surface area contributed by atoms with E-state index in [1.165, 1.54) is 10.9 Å². The van der Waals surface area contributed by atoms with Crippen molar-refractivity contribution in [3.63, 3.8) is 0 Å². The quantitative estimate of drug-likeness (QED) is 0.849. The van der Waals surface area contributed by atoms with Crippen LogP contribution in [0, 0.1) is 12.7 Å². The van der Waals surface area contributed by atoms with Crippen LogP contribution in [-0.4, -0.2) is 17.6 Å². The Labute approximate surface area is 129 Å². The van der Waals surface area contributed by atoms with E-state index in [1.807, 2.05) is 25.4 Å². The van der Waals surface area contributed by atoms with Crippen LogP contribution in [0.15, 0.2) is 29.8 Å². The molecule has 2 N–H and O–H groups in total. The Morgan fingerprint density at radius 2 is 2.14 bits per heavy atom. The molecule has 0 aliphatic carbocycles. The van der Waals surface area contributed by atoms with Crippen molar-refractivity contribution in [2.75, 3.05) is 6.61 Å². The largest absolute Gasteiger partial charge is 0.371 e. The van der Waals surface area contributed by atoms with E-state index in [0.717, 1.165) is 18.5 Å². The number of halogens is 1. The lowest BCUT2D eigenvalue weighted by molar-refractivity contribution is 0.0333. The molecular formula is C16H21FN2OS. The van der Waals surface area contributed by atoms with Gasteiger partial charge in [-0.15, -0.1) is 11.3 Å². The Morgan fingerprint density at radius 3 is 2.76 bits per heavy atom. The highest BCUT2D eigenvalue weighted by Crippen LogP contribution is 2.25. The summed E-state index contributed by atoms with van der Waals surface area (Å²) < 4.78 is 19.9. The minimum absolute atomic E-state index is 0.218. The minimum Gasteiger partial charge on any atom is -0.371 e. The van der Waals surface area contributed by atoms with Crippen molar-refractivity contribution in [2.45, 2.75) is 38.8 Å². The maximum atomic E-state index is 14.0. The standard InChI is InChI=1S/C16H21FN2OS/c1-3-14(18)16(12-6-4-5-7-13(12)17)20-9-8-15-11(2)19-10-21-15/h4-7,10,14,16H,3,8-9,18H2,1-2H3. The first-order chi connectivity index (χ1) is 10.1. The molecule has 0 aliphatic rings. The second kappa shape index (κ2) is 7.64. The summed E-state index contributed by atoms with van der Waals surface area (Å²) in [6.45, 7) is 4.48. The maximum absolute atomic E-state index is 14.0. The Kier molecular flexibility index (Phi) is 5.85. The molecule has 3 nitrogen and oxygen atoms in total. The van der Waals surface area contributed by atoms with Gasteiger partial charge >= 0.3 is 0 Å². The summed E-state index contributed by atoms with van der Waals surface area (Å²) >= 11 is 1.62. The molecule has 1 aromatic heterocycles. The van der Waals surface area contributed by atoms with Gasteiger partial charge in [0.15, 0.2) is 0 Å². The molecule has 1 aromatic carbocycles. The summed E-state index contributed by atoms with van der Waals surface area (Å²) in [5, 5.41) is 0. The van der Waals surface area contributed by atoms with Crippen LogP contribution in [0.5, 0.6) is 0 Å². The van der Waals surface area contributed by atoms with E-state index in [9.17, 15) is 4.39 Å². The Hall–Kier alpha value is -1.30. The number of thiazole rings is 1. The molecule has 114 valence electrons. The van der Waals surface area contributed by atoms with Gasteiger partial charge in [0.05, 0.1) is 17.8 Å². The SMILES string of the molecule is CCC(N)C(OCCc1scnc1C)c1ccccc1F. The van der Waals surface area contributed by atoms with Crippen LogP contribution in [-0.2, 0) is 11.2 Å². The van der Waals surface area contributed by atoms with E-state index in [0.29, 0.717) is 12.2 Å². The number of rotatable bonds is 7. The first-order valence-electron chi connectivity index (χ1n) is 7.14.